The summed E-state index contributed by atoms with van der Waals surface area (Å²) in [6.45, 7) is 5.78. The maximum Gasteiger partial charge on any atom is 0.191 e. The summed E-state index contributed by atoms with van der Waals surface area (Å²) in [5.74, 6) is 1.73. The highest BCUT2D eigenvalue weighted by Gasteiger charge is 2.06. The number of benzene rings is 2. The molecule has 0 spiro atoms. The van der Waals surface area contributed by atoms with Crippen LogP contribution in [0.15, 0.2) is 59.6 Å². The fourth-order valence-corrected chi connectivity index (χ4v) is 2.47. The molecular formula is C20H28IN3O. The number of guanidine groups is 1. The number of hydrogen-bond acceptors (Lipinski definition) is 2. The molecule has 0 heterocycles. The Kier molecular flexibility index (Phi) is 9.99. The number of methoxy groups -OCH3 is 1. The van der Waals surface area contributed by atoms with E-state index in [1.54, 1.807) is 7.11 Å². The lowest BCUT2D eigenvalue weighted by Gasteiger charge is -2.18. The molecule has 0 aliphatic carbocycles. The van der Waals surface area contributed by atoms with Crippen molar-refractivity contribution in [2.24, 2.45) is 4.99 Å². The Morgan fingerprint density at radius 1 is 1.12 bits per heavy atom. The van der Waals surface area contributed by atoms with Crippen LogP contribution in [0, 0.1) is 0 Å². The molecular weight excluding hydrogens is 425 g/mol. The van der Waals surface area contributed by atoms with Gasteiger partial charge in [-0.25, -0.2) is 0 Å². The molecule has 2 aromatic rings. The topological polar surface area (TPSA) is 45.7 Å². The lowest BCUT2D eigenvalue weighted by molar-refractivity contribution is 0.414. The normalized spacial score (nSPS) is 12.0. The van der Waals surface area contributed by atoms with E-state index in [2.05, 4.69) is 65.9 Å². The van der Waals surface area contributed by atoms with Crippen molar-refractivity contribution in [3.05, 3.63) is 65.7 Å². The maximum absolute atomic E-state index is 5.26. The largest absolute Gasteiger partial charge is 0.497 e. The summed E-state index contributed by atoms with van der Waals surface area (Å²) in [6.07, 6.45) is 0.882. The highest BCUT2D eigenvalue weighted by atomic mass is 127. The van der Waals surface area contributed by atoms with E-state index in [-0.39, 0.29) is 30.0 Å². The minimum Gasteiger partial charge on any atom is -0.497 e. The Labute approximate surface area is 168 Å². The van der Waals surface area contributed by atoms with Gasteiger partial charge in [0.2, 0.25) is 0 Å². The van der Waals surface area contributed by atoms with E-state index in [1.807, 2.05) is 18.2 Å². The number of aliphatic imine (C=N–C) groups is 1. The molecule has 4 nitrogen and oxygen atoms in total. The molecule has 136 valence electrons. The van der Waals surface area contributed by atoms with Crippen molar-refractivity contribution in [1.82, 2.24) is 10.6 Å². The molecule has 2 aromatic carbocycles. The first-order valence-electron chi connectivity index (χ1n) is 8.45. The third kappa shape index (κ3) is 7.34. The van der Waals surface area contributed by atoms with Gasteiger partial charge in [-0.3, -0.25) is 4.99 Å². The van der Waals surface area contributed by atoms with Gasteiger partial charge in [0, 0.05) is 13.1 Å². The summed E-state index contributed by atoms with van der Waals surface area (Å²) in [6, 6.07) is 18.7. The molecule has 0 saturated heterocycles. The van der Waals surface area contributed by atoms with Crippen LogP contribution in [0.4, 0.5) is 0 Å². The van der Waals surface area contributed by atoms with Gasteiger partial charge in [-0.2, -0.15) is 0 Å². The highest BCUT2D eigenvalue weighted by molar-refractivity contribution is 14.0. The molecule has 0 amide bonds. The molecule has 5 heteroatoms. The van der Waals surface area contributed by atoms with Crippen molar-refractivity contribution in [3.63, 3.8) is 0 Å². The predicted molar refractivity (Wildman–Crippen MR) is 116 cm³/mol. The SMILES string of the molecule is CCNC(=NCCc1cccc(OC)c1)NC(C)c1ccccc1.I. The van der Waals surface area contributed by atoms with Crippen molar-refractivity contribution in [2.75, 3.05) is 20.2 Å². The van der Waals surface area contributed by atoms with Gasteiger partial charge in [-0.15, -0.1) is 24.0 Å². The van der Waals surface area contributed by atoms with Gasteiger partial charge in [-0.05, 0) is 43.5 Å². The van der Waals surface area contributed by atoms with Crippen LogP contribution in [0.2, 0.25) is 0 Å². The second kappa shape index (κ2) is 11.7. The van der Waals surface area contributed by atoms with Crippen LogP contribution in [0.3, 0.4) is 0 Å². The minimum absolute atomic E-state index is 0. The lowest BCUT2D eigenvalue weighted by Crippen LogP contribution is -2.38. The highest BCUT2D eigenvalue weighted by Crippen LogP contribution is 2.13. The first-order chi connectivity index (χ1) is 11.7. The second-order valence-corrected chi connectivity index (χ2v) is 5.64. The molecule has 0 aromatic heterocycles. The van der Waals surface area contributed by atoms with Gasteiger partial charge >= 0.3 is 0 Å². The monoisotopic (exact) mass is 453 g/mol. The third-order valence-electron chi connectivity index (χ3n) is 3.80. The first-order valence-corrected chi connectivity index (χ1v) is 8.45. The van der Waals surface area contributed by atoms with Crippen LogP contribution in [-0.4, -0.2) is 26.2 Å². The zero-order chi connectivity index (χ0) is 17.2. The fourth-order valence-electron chi connectivity index (χ4n) is 2.47. The molecule has 1 atom stereocenters. The number of halogens is 1. The van der Waals surface area contributed by atoms with Gasteiger partial charge in [-0.1, -0.05) is 42.5 Å². The van der Waals surface area contributed by atoms with Gasteiger partial charge < -0.3 is 15.4 Å². The molecule has 1 unspecified atom stereocenters. The van der Waals surface area contributed by atoms with Crippen LogP contribution in [0.1, 0.15) is 31.0 Å². The number of nitrogens with one attached hydrogen (secondary N) is 2. The van der Waals surface area contributed by atoms with E-state index < -0.39 is 0 Å². The van der Waals surface area contributed by atoms with E-state index in [9.17, 15) is 0 Å². The Morgan fingerprint density at radius 3 is 2.56 bits per heavy atom. The first kappa shape index (κ1) is 21.3. The molecule has 0 aliphatic heterocycles. The third-order valence-corrected chi connectivity index (χ3v) is 3.80. The lowest BCUT2D eigenvalue weighted by atomic mass is 10.1. The van der Waals surface area contributed by atoms with Crippen molar-refractivity contribution < 1.29 is 4.74 Å². The number of nitrogens with zero attached hydrogens (tertiary/aromatic N) is 1. The van der Waals surface area contributed by atoms with Crippen molar-refractivity contribution >= 4 is 29.9 Å². The Bertz CT molecular complexity index is 646. The average molecular weight is 453 g/mol. The van der Waals surface area contributed by atoms with Crippen LogP contribution in [0.5, 0.6) is 5.75 Å². The molecule has 2 N–H and O–H groups in total. The molecule has 2 rings (SSSR count). The quantitative estimate of drug-likeness (QED) is 0.376. The zero-order valence-electron chi connectivity index (χ0n) is 15.2. The summed E-state index contributed by atoms with van der Waals surface area (Å²) in [5, 5.41) is 6.76. The van der Waals surface area contributed by atoms with Crippen LogP contribution >= 0.6 is 24.0 Å². The van der Waals surface area contributed by atoms with Gasteiger partial charge in [0.15, 0.2) is 5.96 Å². The number of hydrogen-bond donors (Lipinski definition) is 2. The van der Waals surface area contributed by atoms with Crippen molar-refractivity contribution in [2.45, 2.75) is 26.3 Å². The van der Waals surface area contributed by atoms with Crippen molar-refractivity contribution in [1.29, 1.82) is 0 Å². The van der Waals surface area contributed by atoms with E-state index >= 15 is 0 Å². The smallest absolute Gasteiger partial charge is 0.191 e. The molecule has 0 radical (unpaired) electrons. The fraction of sp³-hybridized carbons (Fsp3) is 0.350. The number of rotatable bonds is 7. The van der Waals surface area contributed by atoms with Gasteiger partial charge in [0.05, 0.1) is 13.2 Å². The van der Waals surface area contributed by atoms with Gasteiger partial charge in [0.1, 0.15) is 5.75 Å². The zero-order valence-corrected chi connectivity index (χ0v) is 17.5. The van der Waals surface area contributed by atoms with Crippen LogP contribution < -0.4 is 15.4 Å². The Morgan fingerprint density at radius 2 is 1.88 bits per heavy atom. The van der Waals surface area contributed by atoms with Gasteiger partial charge in [0.25, 0.3) is 0 Å². The molecule has 0 saturated carbocycles. The summed E-state index contributed by atoms with van der Waals surface area (Å²) in [5.41, 5.74) is 2.47. The molecule has 0 aliphatic rings. The Balaban J connectivity index is 0.00000312. The molecule has 25 heavy (non-hydrogen) atoms. The van der Waals surface area contributed by atoms with Crippen LogP contribution in [0.25, 0.3) is 0 Å². The summed E-state index contributed by atoms with van der Waals surface area (Å²) in [7, 11) is 1.69. The minimum atomic E-state index is 0. The standard InChI is InChI=1S/C20H27N3O.HI/c1-4-21-20(23-16(2)18-10-6-5-7-11-18)22-14-13-17-9-8-12-19(15-17)24-3;/h5-12,15-16H,4,13-14H2,1-3H3,(H2,21,22,23);1H. The molecule has 0 fully saturated rings. The second-order valence-electron chi connectivity index (χ2n) is 5.64. The van der Waals surface area contributed by atoms with Crippen molar-refractivity contribution in [3.8, 4) is 5.75 Å². The maximum atomic E-state index is 5.26. The van der Waals surface area contributed by atoms with E-state index in [4.69, 9.17) is 4.74 Å². The van der Waals surface area contributed by atoms with E-state index in [0.717, 1.165) is 31.2 Å². The van der Waals surface area contributed by atoms with E-state index in [1.165, 1.54) is 11.1 Å². The van der Waals surface area contributed by atoms with E-state index in [0.29, 0.717) is 0 Å². The summed E-state index contributed by atoms with van der Waals surface area (Å²) >= 11 is 0. The number of ether oxygens (including phenoxy) is 1. The Hall–Kier alpha value is -1.76. The molecule has 0 bridgehead atoms. The predicted octanol–water partition coefficient (Wildman–Crippen LogP) is 4.17. The average Bonchev–Trinajstić information content (AvgIpc) is 2.62. The summed E-state index contributed by atoms with van der Waals surface area (Å²) in [4.78, 5) is 4.68. The van der Waals surface area contributed by atoms with Crippen LogP contribution in [-0.2, 0) is 6.42 Å². The summed E-state index contributed by atoms with van der Waals surface area (Å²) < 4.78 is 5.26.